The van der Waals surface area contributed by atoms with Gasteiger partial charge in [0.15, 0.2) is 15.4 Å². The quantitative estimate of drug-likeness (QED) is 0.0830. The van der Waals surface area contributed by atoms with E-state index in [2.05, 4.69) is 118 Å². The lowest BCUT2D eigenvalue weighted by molar-refractivity contribution is -0.156. The number of esters is 2. The number of hydrogen-bond acceptors (Lipinski definition) is 18. The minimum absolute atomic E-state index is 0.0943. The zero-order chi connectivity index (χ0) is 54.6. The number of ether oxygens (including phenoxy) is 1. The number of hydrogen-bond donors (Lipinski definition) is 3. The standard InChI is InChI=1S/C15H19BN2O3S.C13H26B2O4.C9H7BrN2OS.C7H5BrN2S.C4H6O3/c1-9(19)17-13-18-11-7-6-10(8-12(11)22-13)16-20-14(2,3)15(4,5)21-16;1-10(2)11(3,4)17-14(16-10)9-15-18-12(5,6)13(7,8)19-15;1-5(13)11-9-12-7-3-2-6(10)4-8(7)14-9;8-4-1-2-5-6(3-4)11-7(9)10-5;1-3(5)7-4(2)6/h6-8H,1-5H3,(H,17,18,19);9H2,1-8H3;2-4H,1H3,(H,11,12,13);1-3H,(H2,9,10);1-2H3. The second-order valence-corrected chi connectivity index (χ2v) is 25.1. The van der Waals surface area contributed by atoms with E-state index >= 15 is 0 Å². The summed E-state index contributed by atoms with van der Waals surface area (Å²) in [6.07, 6.45) is 0.597. The number of rotatable bonds is 5. The fourth-order valence-electron chi connectivity index (χ4n) is 6.77. The van der Waals surface area contributed by atoms with Gasteiger partial charge in [-0.2, -0.15) is 0 Å². The topological polar surface area (TPSA) is 222 Å². The molecule has 73 heavy (non-hydrogen) atoms. The van der Waals surface area contributed by atoms with E-state index in [4.69, 9.17) is 33.7 Å². The molecule has 0 saturated carbocycles. The maximum absolute atomic E-state index is 11.1. The molecule has 9 rings (SSSR count). The van der Waals surface area contributed by atoms with Gasteiger partial charge in [-0.05, 0) is 137 Å². The van der Waals surface area contributed by atoms with Gasteiger partial charge < -0.3 is 49.0 Å². The fourth-order valence-corrected chi connectivity index (χ4v) is 10.5. The molecule has 4 N–H and O–H groups in total. The molecule has 0 aliphatic carbocycles. The molecule has 0 unspecified atom stereocenters. The van der Waals surface area contributed by atoms with Crippen molar-refractivity contribution in [3.63, 3.8) is 0 Å². The first-order chi connectivity index (χ1) is 33.6. The molecule has 2 amide bonds. The van der Waals surface area contributed by atoms with E-state index in [9.17, 15) is 19.2 Å². The van der Waals surface area contributed by atoms with Gasteiger partial charge in [-0.25, -0.2) is 15.0 Å². The van der Waals surface area contributed by atoms with Crippen molar-refractivity contribution in [1.29, 1.82) is 0 Å². The van der Waals surface area contributed by atoms with Crippen LogP contribution in [-0.2, 0) is 51.8 Å². The van der Waals surface area contributed by atoms with Crippen LogP contribution in [0, 0.1) is 0 Å². The summed E-state index contributed by atoms with van der Waals surface area (Å²) in [5.74, 6) is -1.34. The van der Waals surface area contributed by atoms with Crippen LogP contribution in [0.5, 0.6) is 0 Å². The van der Waals surface area contributed by atoms with Gasteiger partial charge in [0.25, 0.3) is 0 Å². The lowest BCUT2D eigenvalue weighted by Crippen LogP contribution is -2.41. The van der Waals surface area contributed by atoms with Gasteiger partial charge in [0, 0.05) is 42.9 Å². The number of carbonyl (C=O) groups excluding carboxylic acids is 4. The van der Waals surface area contributed by atoms with E-state index in [0.29, 0.717) is 21.6 Å². The summed E-state index contributed by atoms with van der Waals surface area (Å²) in [5.41, 5.74) is 7.29. The van der Waals surface area contributed by atoms with E-state index in [0.717, 1.165) is 45.1 Å². The number of nitrogens with zero attached hydrogens (tertiary/aromatic N) is 3. The van der Waals surface area contributed by atoms with Crippen molar-refractivity contribution in [3.8, 4) is 0 Å². The highest BCUT2D eigenvalue weighted by Crippen LogP contribution is 2.42. The summed E-state index contributed by atoms with van der Waals surface area (Å²) >= 11 is 11.2. The monoisotopic (exact) mass is 1190 g/mol. The normalized spacial score (nSPS) is 18.3. The van der Waals surface area contributed by atoms with Crippen LogP contribution in [0.15, 0.2) is 63.5 Å². The van der Waals surface area contributed by atoms with E-state index in [-0.39, 0.29) is 66.8 Å². The number of anilines is 3. The Morgan fingerprint density at radius 3 is 1.25 bits per heavy atom. The fraction of sp³-hybridized carbons (Fsp3) is 0.479. The van der Waals surface area contributed by atoms with Gasteiger partial charge in [0.2, 0.25) is 11.8 Å². The summed E-state index contributed by atoms with van der Waals surface area (Å²) in [5, 5.41) is 7.25. The molecular weight excluding hydrogens is 1130 g/mol. The highest BCUT2D eigenvalue weighted by molar-refractivity contribution is 9.10. The second kappa shape index (κ2) is 23.6. The molecule has 17 nitrogen and oxygen atoms in total. The Balaban J connectivity index is 0.000000177. The molecule has 0 bridgehead atoms. The number of carbonyl (C=O) groups is 4. The van der Waals surface area contributed by atoms with Crippen molar-refractivity contribution < 1.29 is 51.8 Å². The summed E-state index contributed by atoms with van der Waals surface area (Å²) in [4.78, 5) is 54.3. The highest BCUT2D eigenvalue weighted by Gasteiger charge is 2.57. The van der Waals surface area contributed by atoms with Crippen LogP contribution in [-0.4, -0.2) is 93.7 Å². The number of thiazole rings is 3. The van der Waals surface area contributed by atoms with E-state index in [1.165, 1.54) is 61.7 Å². The summed E-state index contributed by atoms with van der Waals surface area (Å²) in [7, 11) is -0.944. The number of nitrogen functional groups attached to an aromatic ring is 1. The molecule has 3 aliphatic heterocycles. The number of nitrogens with two attached hydrogens (primary N) is 1. The number of fused-ring (bicyclic) bond motifs is 3. The van der Waals surface area contributed by atoms with Gasteiger partial charge in [-0.1, -0.05) is 71.9 Å². The molecular formula is C48H63B3Br2N6O11S3. The molecule has 0 spiro atoms. The Hall–Kier alpha value is -3.88. The molecule has 3 saturated heterocycles. The van der Waals surface area contributed by atoms with Crippen molar-refractivity contribution in [2.75, 3.05) is 16.4 Å². The van der Waals surface area contributed by atoms with Crippen molar-refractivity contribution in [2.24, 2.45) is 0 Å². The SMILES string of the molecule is CC(=O)Nc1nc2ccc(B3OC(C)(C)C(C)(C)O3)cc2s1.CC(=O)Nc1nc2ccc(Br)cc2s1.CC(=O)OC(C)=O.CC1(C)OB(CB2OC(C)(C)C(C)(C)O2)OC1(C)C.Nc1nc2ccc(Br)cc2s1. The van der Waals surface area contributed by atoms with Gasteiger partial charge >= 0.3 is 33.3 Å². The third-order valence-electron chi connectivity index (χ3n) is 12.5. The Bertz CT molecular complexity index is 2870. The third-order valence-corrected chi connectivity index (χ3v) is 16.2. The largest absolute Gasteiger partial charge is 0.494 e. The number of halogens is 2. The Morgan fingerprint density at radius 1 is 0.534 bits per heavy atom. The molecule has 3 aromatic heterocycles. The summed E-state index contributed by atoms with van der Waals surface area (Å²) < 4.78 is 45.3. The van der Waals surface area contributed by atoms with Crippen LogP contribution in [0.3, 0.4) is 0 Å². The molecule has 25 heteroatoms. The third kappa shape index (κ3) is 16.1. The van der Waals surface area contributed by atoms with Crippen molar-refractivity contribution in [2.45, 2.75) is 151 Å². The Labute approximate surface area is 456 Å². The zero-order valence-electron chi connectivity index (χ0n) is 44.0. The number of benzene rings is 3. The summed E-state index contributed by atoms with van der Waals surface area (Å²) in [6.45, 7) is 29.9. The number of amides is 2. The number of aromatic nitrogens is 3. The van der Waals surface area contributed by atoms with Crippen molar-refractivity contribution in [1.82, 2.24) is 15.0 Å². The van der Waals surface area contributed by atoms with Crippen LogP contribution in [0.25, 0.3) is 30.6 Å². The molecule has 0 radical (unpaired) electrons. The first kappa shape index (κ1) is 60.0. The van der Waals surface area contributed by atoms with Gasteiger partial charge in [0.1, 0.15) is 0 Å². The highest BCUT2D eigenvalue weighted by atomic mass is 79.9. The molecule has 6 heterocycles. The average Bonchev–Trinajstić information content (AvgIpc) is 4.03. The smallest absolute Gasteiger partial charge is 0.404 e. The van der Waals surface area contributed by atoms with E-state index in [1.54, 1.807) is 0 Å². The lowest BCUT2D eigenvalue weighted by atomic mass is 9.64. The van der Waals surface area contributed by atoms with Crippen LogP contribution in [0.1, 0.15) is 111 Å². The predicted molar refractivity (Wildman–Crippen MR) is 302 cm³/mol. The maximum atomic E-state index is 11.1. The minimum Gasteiger partial charge on any atom is -0.404 e. The molecule has 3 aromatic carbocycles. The molecule has 3 fully saturated rings. The zero-order valence-corrected chi connectivity index (χ0v) is 49.6. The van der Waals surface area contributed by atoms with Crippen LogP contribution >= 0.6 is 65.9 Å². The summed E-state index contributed by atoms with van der Waals surface area (Å²) in [6, 6.07) is 17.7. The van der Waals surface area contributed by atoms with Crippen molar-refractivity contribution >= 4 is 162 Å². The Kier molecular flexibility index (Phi) is 19.4. The maximum Gasteiger partial charge on any atom is 0.494 e. The van der Waals surface area contributed by atoms with Gasteiger partial charge in [0.05, 0.1) is 64.3 Å². The average molecular weight is 1190 g/mol. The van der Waals surface area contributed by atoms with E-state index in [1.807, 2.05) is 82.3 Å². The predicted octanol–water partition coefficient (Wildman–Crippen LogP) is 11.0. The van der Waals surface area contributed by atoms with Crippen molar-refractivity contribution in [3.05, 3.63) is 63.5 Å². The number of nitrogens with one attached hydrogen (secondary N) is 2. The molecule has 0 atom stereocenters. The first-order valence-electron chi connectivity index (χ1n) is 23.2. The molecule has 392 valence electrons. The Morgan fingerprint density at radius 2 is 0.877 bits per heavy atom. The lowest BCUT2D eigenvalue weighted by Gasteiger charge is -2.32. The van der Waals surface area contributed by atoms with Crippen LogP contribution in [0.4, 0.5) is 15.4 Å². The van der Waals surface area contributed by atoms with Gasteiger partial charge in [-0.15, -0.1) is 0 Å². The van der Waals surface area contributed by atoms with Gasteiger partial charge in [-0.3, -0.25) is 19.2 Å². The first-order valence-corrected chi connectivity index (χ1v) is 27.2. The van der Waals surface area contributed by atoms with Crippen LogP contribution in [0.2, 0.25) is 6.22 Å². The minimum atomic E-state index is -0.562. The molecule has 3 aliphatic rings. The van der Waals surface area contributed by atoms with Crippen LogP contribution < -0.4 is 21.8 Å². The molecule has 6 aromatic rings. The van der Waals surface area contributed by atoms with E-state index < -0.39 is 11.9 Å². The second-order valence-electron chi connectivity index (χ2n) is 20.2.